The highest BCUT2D eigenvalue weighted by molar-refractivity contribution is 7.86. The van der Waals surface area contributed by atoms with Crippen molar-refractivity contribution < 1.29 is 17.4 Å². The molecule has 4 saturated carbocycles. The number of carbonyl (C=O) groups excluding carboxylic acids is 1. The van der Waals surface area contributed by atoms with Crippen molar-refractivity contribution in [3.05, 3.63) is 29.8 Å². The van der Waals surface area contributed by atoms with E-state index in [1.54, 1.807) is 12.1 Å². The lowest BCUT2D eigenvalue weighted by atomic mass is 9.45. The lowest BCUT2D eigenvalue weighted by Crippen LogP contribution is -2.54. The molecule has 1 aromatic carbocycles. The number of benzene rings is 1. The Morgan fingerprint density at radius 2 is 1.61 bits per heavy atom. The Morgan fingerprint density at radius 1 is 0.903 bits per heavy atom. The molecular formula is C26H36O4S. The Morgan fingerprint density at radius 3 is 2.35 bits per heavy atom. The van der Waals surface area contributed by atoms with Crippen molar-refractivity contribution >= 4 is 15.9 Å². The molecule has 0 spiro atoms. The molecule has 5 rings (SSSR count). The van der Waals surface area contributed by atoms with E-state index in [2.05, 4.69) is 13.8 Å². The number of carbonyl (C=O) groups is 1. The van der Waals surface area contributed by atoms with Crippen LogP contribution in [0.1, 0.15) is 77.2 Å². The summed E-state index contributed by atoms with van der Waals surface area (Å²) in [6, 6.07) is 6.97. The highest BCUT2D eigenvalue weighted by Gasteiger charge is 2.61. The predicted octanol–water partition coefficient (Wildman–Crippen LogP) is 5.68. The van der Waals surface area contributed by atoms with E-state index in [1.807, 2.05) is 19.1 Å². The summed E-state index contributed by atoms with van der Waals surface area (Å²) in [6.45, 7) is 6.69. The third kappa shape index (κ3) is 3.42. The molecule has 0 amide bonds. The lowest BCUT2D eigenvalue weighted by Gasteiger charge is -2.60. The molecule has 0 bridgehead atoms. The highest BCUT2D eigenvalue weighted by atomic mass is 32.2. The van der Waals surface area contributed by atoms with Gasteiger partial charge in [0.05, 0.1) is 11.0 Å². The molecule has 0 unspecified atom stereocenters. The van der Waals surface area contributed by atoms with Crippen molar-refractivity contribution in [1.82, 2.24) is 0 Å². The van der Waals surface area contributed by atoms with Crippen LogP contribution in [0, 0.1) is 41.4 Å². The van der Waals surface area contributed by atoms with Crippen LogP contribution in [0.5, 0.6) is 0 Å². The fourth-order valence-electron chi connectivity index (χ4n) is 8.07. The summed E-state index contributed by atoms with van der Waals surface area (Å²) in [5.41, 5.74) is 1.25. The first kappa shape index (κ1) is 21.6. The fourth-order valence-corrected chi connectivity index (χ4v) is 9.27. The average molecular weight is 445 g/mol. The lowest BCUT2D eigenvalue weighted by molar-refractivity contribution is -0.140. The molecule has 4 aliphatic carbocycles. The van der Waals surface area contributed by atoms with Gasteiger partial charge in [-0.15, -0.1) is 0 Å². The summed E-state index contributed by atoms with van der Waals surface area (Å²) in [5.74, 6) is 2.85. The largest absolute Gasteiger partial charge is 0.300 e. The van der Waals surface area contributed by atoms with Gasteiger partial charge in [-0.25, -0.2) is 0 Å². The number of rotatable bonds is 3. The Bertz CT molecular complexity index is 968. The highest BCUT2D eigenvalue weighted by Crippen LogP contribution is 2.66. The van der Waals surface area contributed by atoms with Crippen molar-refractivity contribution in [3.8, 4) is 0 Å². The van der Waals surface area contributed by atoms with Crippen molar-refractivity contribution in [2.45, 2.75) is 89.6 Å². The number of fused-ring (bicyclic) bond motifs is 5. The van der Waals surface area contributed by atoms with E-state index in [0.29, 0.717) is 29.5 Å². The molecule has 170 valence electrons. The van der Waals surface area contributed by atoms with Crippen LogP contribution in [0.3, 0.4) is 0 Å². The Kier molecular flexibility index (Phi) is 5.17. The van der Waals surface area contributed by atoms with Gasteiger partial charge in [0.2, 0.25) is 0 Å². The van der Waals surface area contributed by atoms with Gasteiger partial charge in [0.1, 0.15) is 5.78 Å². The average Bonchev–Trinajstić information content (AvgIpc) is 3.04. The maximum Gasteiger partial charge on any atom is 0.297 e. The number of hydrogen-bond donors (Lipinski definition) is 0. The van der Waals surface area contributed by atoms with Gasteiger partial charge in [0, 0.05) is 12.8 Å². The smallest absolute Gasteiger partial charge is 0.297 e. The molecule has 0 aromatic heterocycles. The van der Waals surface area contributed by atoms with Crippen LogP contribution in [-0.4, -0.2) is 20.3 Å². The minimum atomic E-state index is -3.75. The van der Waals surface area contributed by atoms with Gasteiger partial charge in [-0.05, 0) is 98.5 Å². The molecule has 4 aliphatic rings. The van der Waals surface area contributed by atoms with Gasteiger partial charge in [-0.1, -0.05) is 31.5 Å². The molecule has 7 atom stereocenters. The quantitative estimate of drug-likeness (QED) is 0.563. The first-order valence-electron chi connectivity index (χ1n) is 12.2. The summed E-state index contributed by atoms with van der Waals surface area (Å²) < 4.78 is 32.0. The van der Waals surface area contributed by atoms with Gasteiger partial charge in [-0.2, -0.15) is 8.42 Å². The first-order chi connectivity index (χ1) is 14.6. The van der Waals surface area contributed by atoms with Crippen molar-refractivity contribution in [3.63, 3.8) is 0 Å². The van der Waals surface area contributed by atoms with Crippen LogP contribution in [0.2, 0.25) is 0 Å². The summed E-state index contributed by atoms with van der Waals surface area (Å²) in [4.78, 5) is 12.4. The zero-order chi connectivity index (χ0) is 22.0. The number of aryl methyl sites for hydroxylation is 1. The maximum absolute atomic E-state index is 13.0. The second-order valence-corrected chi connectivity index (χ2v) is 12.9. The van der Waals surface area contributed by atoms with Crippen molar-refractivity contribution in [2.24, 2.45) is 34.5 Å². The molecule has 5 heteroatoms. The first-order valence-corrected chi connectivity index (χ1v) is 13.6. The van der Waals surface area contributed by atoms with E-state index < -0.39 is 10.1 Å². The zero-order valence-electron chi connectivity index (χ0n) is 19.1. The van der Waals surface area contributed by atoms with E-state index in [-0.39, 0.29) is 21.8 Å². The van der Waals surface area contributed by atoms with Gasteiger partial charge in [0.15, 0.2) is 0 Å². The SMILES string of the molecule is Cc1ccc(S(=O)(=O)O[C@H]2CC[C@H]3[C@H]4CC[C@H]5CC(=O)CC[C@]5(C)[C@H]4CC[C@]23C)cc1. The van der Waals surface area contributed by atoms with Gasteiger partial charge < -0.3 is 0 Å². The third-order valence-electron chi connectivity index (χ3n) is 9.95. The predicted molar refractivity (Wildman–Crippen MR) is 120 cm³/mol. The van der Waals surface area contributed by atoms with E-state index >= 15 is 0 Å². The maximum atomic E-state index is 13.0. The molecule has 31 heavy (non-hydrogen) atoms. The molecule has 0 heterocycles. The van der Waals surface area contributed by atoms with Crippen LogP contribution in [0.4, 0.5) is 0 Å². The second-order valence-electron chi connectivity index (χ2n) is 11.4. The van der Waals surface area contributed by atoms with Crippen LogP contribution < -0.4 is 0 Å². The van der Waals surface area contributed by atoms with E-state index in [4.69, 9.17) is 4.18 Å². The molecule has 0 radical (unpaired) electrons. The van der Waals surface area contributed by atoms with Gasteiger partial charge >= 0.3 is 0 Å². The van der Waals surface area contributed by atoms with E-state index in [1.165, 1.54) is 6.42 Å². The molecule has 0 saturated heterocycles. The third-order valence-corrected chi connectivity index (χ3v) is 11.3. The fraction of sp³-hybridized carbons (Fsp3) is 0.731. The van der Waals surface area contributed by atoms with E-state index in [0.717, 1.165) is 56.9 Å². The zero-order valence-corrected chi connectivity index (χ0v) is 19.9. The molecular weight excluding hydrogens is 408 g/mol. The monoisotopic (exact) mass is 444 g/mol. The number of hydrogen-bond acceptors (Lipinski definition) is 4. The minimum Gasteiger partial charge on any atom is -0.300 e. The summed E-state index contributed by atoms with van der Waals surface area (Å²) >= 11 is 0. The van der Waals surface area contributed by atoms with Crippen LogP contribution >= 0.6 is 0 Å². The normalized spacial score (nSPS) is 42.5. The van der Waals surface area contributed by atoms with Crippen LogP contribution in [0.15, 0.2) is 29.2 Å². The molecule has 1 aromatic rings. The van der Waals surface area contributed by atoms with Gasteiger partial charge in [-0.3, -0.25) is 8.98 Å². The standard InChI is InChI=1S/C26H36O4S/c1-17-4-7-20(8-5-17)31(28,29)30-24-11-10-22-21-9-6-18-16-19(27)12-14-25(18,2)23(21)13-15-26(22,24)3/h4-5,7-8,18,21-24H,6,9-16H2,1-3H3/t18-,21+,22-,23-,24-,25-,26-/m0/s1. The molecule has 0 N–H and O–H groups in total. The van der Waals surface area contributed by atoms with Crippen LogP contribution in [0.25, 0.3) is 0 Å². The minimum absolute atomic E-state index is 0.0768. The van der Waals surface area contributed by atoms with Crippen LogP contribution in [-0.2, 0) is 19.1 Å². The molecule has 0 aliphatic heterocycles. The number of ketones is 1. The van der Waals surface area contributed by atoms with Crippen molar-refractivity contribution in [2.75, 3.05) is 0 Å². The van der Waals surface area contributed by atoms with E-state index in [9.17, 15) is 13.2 Å². The topological polar surface area (TPSA) is 60.4 Å². The molecule has 4 fully saturated rings. The van der Waals surface area contributed by atoms with Crippen molar-refractivity contribution in [1.29, 1.82) is 0 Å². The number of Topliss-reactive ketones (excluding diaryl/α,β-unsaturated/α-hetero) is 1. The second kappa shape index (κ2) is 7.41. The van der Waals surface area contributed by atoms with Gasteiger partial charge in [0.25, 0.3) is 10.1 Å². The summed E-state index contributed by atoms with van der Waals surface area (Å²) in [5, 5.41) is 0. The Balaban J connectivity index is 1.37. The summed E-state index contributed by atoms with van der Waals surface area (Å²) in [6.07, 6.45) is 8.75. The Labute approximate surface area is 187 Å². The summed E-state index contributed by atoms with van der Waals surface area (Å²) in [7, 11) is -3.75. The molecule has 4 nitrogen and oxygen atoms in total. The Hall–Kier alpha value is -1.20.